The molecule has 0 aliphatic carbocycles. The third kappa shape index (κ3) is 8.69. The van der Waals surface area contributed by atoms with Crippen LogP contribution in [0.15, 0.2) is 48.8 Å². The standard InChI is InChI=1S/C25H36N2O/c1-3-5-7-9-11-13-19-28-24-17-15-23(16-18-24)25-26-20-22(21-27-25)14-12-10-8-6-4-2/h5,7,15-18,20-21H,3-4,6,8-14,19H2,1-2H3/b7-5-. The number of aryl methyl sites for hydroxylation is 1. The van der Waals surface area contributed by atoms with E-state index < -0.39 is 0 Å². The van der Waals surface area contributed by atoms with Crippen LogP contribution < -0.4 is 4.74 Å². The van der Waals surface area contributed by atoms with Crippen molar-refractivity contribution in [3.05, 3.63) is 54.4 Å². The molecule has 2 aromatic rings. The smallest absolute Gasteiger partial charge is 0.159 e. The number of ether oxygens (including phenoxy) is 1. The summed E-state index contributed by atoms with van der Waals surface area (Å²) in [6.45, 7) is 5.18. The number of unbranched alkanes of at least 4 members (excludes halogenated alkanes) is 6. The van der Waals surface area contributed by atoms with Gasteiger partial charge in [-0.15, -0.1) is 0 Å². The van der Waals surface area contributed by atoms with Gasteiger partial charge < -0.3 is 4.74 Å². The Labute approximate surface area is 171 Å². The topological polar surface area (TPSA) is 35.0 Å². The number of allylic oxidation sites excluding steroid dienone is 2. The van der Waals surface area contributed by atoms with E-state index in [-0.39, 0.29) is 0 Å². The molecule has 1 heterocycles. The second-order valence-corrected chi connectivity index (χ2v) is 7.33. The molecule has 0 N–H and O–H groups in total. The lowest BCUT2D eigenvalue weighted by Crippen LogP contribution is -1.97. The molecule has 0 aliphatic heterocycles. The van der Waals surface area contributed by atoms with Gasteiger partial charge in [0.2, 0.25) is 0 Å². The van der Waals surface area contributed by atoms with E-state index in [4.69, 9.17) is 4.74 Å². The summed E-state index contributed by atoms with van der Waals surface area (Å²) < 4.78 is 5.83. The zero-order valence-corrected chi connectivity index (χ0v) is 17.7. The van der Waals surface area contributed by atoms with Crippen LogP contribution in [0.1, 0.15) is 77.2 Å². The Morgan fingerprint density at radius 2 is 1.57 bits per heavy atom. The van der Waals surface area contributed by atoms with Crippen molar-refractivity contribution >= 4 is 0 Å². The Bertz CT molecular complexity index is 662. The molecule has 0 radical (unpaired) electrons. The molecule has 2 rings (SSSR count). The first-order valence-electron chi connectivity index (χ1n) is 11.0. The van der Waals surface area contributed by atoms with Gasteiger partial charge in [-0.25, -0.2) is 9.97 Å². The quantitative estimate of drug-likeness (QED) is 0.257. The fourth-order valence-corrected chi connectivity index (χ4v) is 3.10. The Morgan fingerprint density at radius 3 is 2.29 bits per heavy atom. The number of benzene rings is 1. The average Bonchev–Trinajstić information content (AvgIpc) is 2.74. The van der Waals surface area contributed by atoms with E-state index in [0.717, 1.165) is 49.4 Å². The molecular weight excluding hydrogens is 344 g/mol. The second-order valence-electron chi connectivity index (χ2n) is 7.33. The molecule has 0 fully saturated rings. The van der Waals surface area contributed by atoms with E-state index in [1.54, 1.807) is 0 Å². The van der Waals surface area contributed by atoms with Gasteiger partial charge in [-0.05, 0) is 68.4 Å². The number of rotatable bonds is 14. The number of nitrogens with zero attached hydrogens (tertiary/aromatic N) is 2. The molecule has 3 nitrogen and oxygen atoms in total. The highest BCUT2D eigenvalue weighted by atomic mass is 16.5. The van der Waals surface area contributed by atoms with Crippen molar-refractivity contribution in [2.24, 2.45) is 0 Å². The molecule has 0 saturated carbocycles. The molecule has 0 amide bonds. The van der Waals surface area contributed by atoms with E-state index in [0.29, 0.717) is 0 Å². The minimum absolute atomic E-state index is 0.767. The van der Waals surface area contributed by atoms with Crippen LogP contribution in [0.4, 0.5) is 0 Å². The molecule has 0 saturated heterocycles. The summed E-state index contributed by atoms with van der Waals surface area (Å²) >= 11 is 0. The van der Waals surface area contributed by atoms with Crippen LogP contribution in [0, 0.1) is 0 Å². The molecule has 0 aliphatic rings. The highest BCUT2D eigenvalue weighted by Crippen LogP contribution is 2.20. The SMILES string of the molecule is CC/C=C\CCCCOc1ccc(-c2ncc(CCCCCCC)cn2)cc1. The van der Waals surface area contributed by atoms with Crippen LogP contribution in [0.5, 0.6) is 5.75 Å². The van der Waals surface area contributed by atoms with Gasteiger partial charge in [0.25, 0.3) is 0 Å². The van der Waals surface area contributed by atoms with Gasteiger partial charge in [0.05, 0.1) is 6.61 Å². The fourth-order valence-electron chi connectivity index (χ4n) is 3.10. The van der Waals surface area contributed by atoms with E-state index in [2.05, 4.69) is 36.0 Å². The van der Waals surface area contributed by atoms with Gasteiger partial charge in [0, 0.05) is 18.0 Å². The maximum absolute atomic E-state index is 5.83. The van der Waals surface area contributed by atoms with Crippen LogP contribution >= 0.6 is 0 Å². The summed E-state index contributed by atoms with van der Waals surface area (Å²) in [4.78, 5) is 9.09. The Morgan fingerprint density at radius 1 is 0.821 bits per heavy atom. The minimum Gasteiger partial charge on any atom is -0.494 e. The molecule has 1 aromatic carbocycles. The third-order valence-electron chi connectivity index (χ3n) is 4.82. The van der Waals surface area contributed by atoms with E-state index in [1.807, 2.05) is 36.7 Å². The van der Waals surface area contributed by atoms with Crippen molar-refractivity contribution < 1.29 is 4.74 Å². The molecule has 0 bridgehead atoms. The summed E-state index contributed by atoms with van der Waals surface area (Å²) in [7, 11) is 0. The monoisotopic (exact) mass is 380 g/mol. The lowest BCUT2D eigenvalue weighted by molar-refractivity contribution is 0.307. The average molecular weight is 381 g/mol. The van der Waals surface area contributed by atoms with Gasteiger partial charge >= 0.3 is 0 Å². The van der Waals surface area contributed by atoms with E-state index in [1.165, 1.54) is 44.1 Å². The molecule has 28 heavy (non-hydrogen) atoms. The molecular formula is C25H36N2O. The fraction of sp³-hybridized carbons (Fsp3) is 0.520. The predicted molar refractivity (Wildman–Crippen MR) is 119 cm³/mol. The summed E-state index contributed by atoms with van der Waals surface area (Å²) in [6, 6.07) is 8.10. The molecule has 152 valence electrons. The number of hydrogen-bond acceptors (Lipinski definition) is 3. The van der Waals surface area contributed by atoms with E-state index >= 15 is 0 Å². The third-order valence-corrected chi connectivity index (χ3v) is 4.82. The highest BCUT2D eigenvalue weighted by molar-refractivity contribution is 5.55. The molecule has 0 unspecified atom stereocenters. The van der Waals surface area contributed by atoms with Crippen LogP contribution in [-0.2, 0) is 6.42 Å². The van der Waals surface area contributed by atoms with Crippen molar-refractivity contribution in [2.45, 2.75) is 78.1 Å². The number of aromatic nitrogens is 2. The predicted octanol–water partition coefficient (Wildman–Crippen LogP) is 7.17. The van der Waals surface area contributed by atoms with Crippen LogP contribution in [0.2, 0.25) is 0 Å². The Balaban J connectivity index is 1.72. The van der Waals surface area contributed by atoms with Crippen molar-refractivity contribution in [3.8, 4) is 17.1 Å². The number of hydrogen-bond donors (Lipinski definition) is 0. The maximum atomic E-state index is 5.83. The zero-order chi connectivity index (χ0) is 19.9. The normalized spacial score (nSPS) is 11.2. The van der Waals surface area contributed by atoms with Crippen molar-refractivity contribution in [2.75, 3.05) is 6.61 Å². The summed E-state index contributed by atoms with van der Waals surface area (Å²) in [5.41, 5.74) is 2.26. The van der Waals surface area contributed by atoms with Crippen molar-refractivity contribution in [1.29, 1.82) is 0 Å². The van der Waals surface area contributed by atoms with Gasteiger partial charge in [0.1, 0.15) is 5.75 Å². The van der Waals surface area contributed by atoms with Gasteiger partial charge in [-0.1, -0.05) is 51.7 Å². The molecule has 1 aromatic heterocycles. The molecule has 0 spiro atoms. The summed E-state index contributed by atoms with van der Waals surface area (Å²) in [6.07, 6.45) is 20.5. The lowest BCUT2D eigenvalue weighted by Gasteiger charge is -2.07. The van der Waals surface area contributed by atoms with E-state index in [9.17, 15) is 0 Å². The Hall–Kier alpha value is -2.16. The van der Waals surface area contributed by atoms with Crippen molar-refractivity contribution in [1.82, 2.24) is 9.97 Å². The zero-order valence-electron chi connectivity index (χ0n) is 17.7. The Kier molecular flexibility index (Phi) is 11.0. The van der Waals surface area contributed by atoms with Gasteiger partial charge in [-0.3, -0.25) is 0 Å². The molecule has 3 heteroatoms. The minimum atomic E-state index is 0.767. The highest BCUT2D eigenvalue weighted by Gasteiger charge is 2.03. The first-order chi connectivity index (χ1) is 13.8. The van der Waals surface area contributed by atoms with Gasteiger partial charge in [0.15, 0.2) is 5.82 Å². The first-order valence-corrected chi connectivity index (χ1v) is 11.0. The maximum Gasteiger partial charge on any atom is 0.159 e. The first kappa shape index (κ1) is 22.1. The lowest BCUT2D eigenvalue weighted by atomic mass is 10.1. The largest absolute Gasteiger partial charge is 0.494 e. The molecule has 0 atom stereocenters. The van der Waals surface area contributed by atoms with Gasteiger partial charge in [-0.2, -0.15) is 0 Å². The second kappa shape index (κ2) is 13.9. The van der Waals surface area contributed by atoms with Crippen molar-refractivity contribution in [3.63, 3.8) is 0 Å². The summed E-state index contributed by atoms with van der Waals surface area (Å²) in [5.74, 6) is 1.69. The van der Waals surface area contributed by atoms with Crippen LogP contribution in [0.25, 0.3) is 11.4 Å². The summed E-state index contributed by atoms with van der Waals surface area (Å²) in [5, 5.41) is 0. The van der Waals surface area contributed by atoms with Crippen LogP contribution in [-0.4, -0.2) is 16.6 Å². The van der Waals surface area contributed by atoms with Crippen LogP contribution in [0.3, 0.4) is 0 Å².